The second-order valence-electron chi connectivity index (χ2n) is 6.60. The minimum absolute atomic E-state index is 0.399. The van der Waals surface area contributed by atoms with Crippen LogP contribution in [0.3, 0.4) is 0 Å². The lowest BCUT2D eigenvalue weighted by Crippen LogP contribution is -2.27. The van der Waals surface area contributed by atoms with Gasteiger partial charge in [-0.15, -0.1) is 0 Å². The summed E-state index contributed by atoms with van der Waals surface area (Å²) in [6, 6.07) is 17.4. The molecule has 0 unspecified atom stereocenters. The zero-order valence-corrected chi connectivity index (χ0v) is 14.4. The van der Waals surface area contributed by atoms with E-state index in [-0.39, 0.29) is 0 Å². The van der Waals surface area contributed by atoms with E-state index in [0.717, 1.165) is 22.2 Å². The summed E-state index contributed by atoms with van der Waals surface area (Å²) in [5.74, 6) is 0.713. The summed E-state index contributed by atoms with van der Waals surface area (Å²) in [6.07, 6.45) is -0.399. The maximum atomic E-state index is 12.8. The van der Waals surface area contributed by atoms with Gasteiger partial charge in [-0.1, -0.05) is 30.3 Å². The highest BCUT2D eigenvalue weighted by Crippen LogP contribution is 2.34. The van der Waals surface area contributed by atoms with Crippen LogP contribution in [0.1, 0.15) is 20.8 Å². The van der Waals surface area contributed by atoms with Gasteiger partial charge in [-0.2, -0.15) is 0 Å². The molecule has 0 spiro atoms. The van der Waals surface area contributed by atoms with Crippen molar-refractivity contribution in [3.05, 3.63) is 54.6 Å². The van der Waals surface area contributed by atoms with Crippen molar-refractivity contribution in [2.75, 3.05) is 7.11 Å². The van der Waals surface area contributed by atoms with Gasteiger partial charge < -0.3 is 9.47 Å². The van der Waals surface area contributed by atoms with E-state index in [0.29, 0.717) is 5.75 Å². The van der Waals surface area contributed by atoms with Crippen LogP contribution in [0.5, 0.6) is 5.75 Å². The van der Waals surface area contributed by atoms with Gasteiger partial charge in [-0.05, 0) is 45.0 Å². The minimum Gasteiger partial charge on any atom is -0.496 e. The average molecular weight is 323 g/mol. The van der Waals surface area contributed by atoms with Crippen molar-refractivity contribution in [3.63, 3.8) is 0 Å². The minimum atomic E-state index is -0.569. The Morgan fingerprint density at radius 1 is 1.00 bits per heavy atom. The molecule has 0 bridgehead atoms. The molecule has 3 rings (SSSR count). The lowest BCUT2D eigenvalue weighted by atomic mass is 10.1. The molecule has 1 heterocycles. The summed E-state index contributed by atoms with van der Waals surface area (Å²) in [7, 11) is 1.62. The topological polar surface area (TPSA) is 40.5 Å². The van der Waals surface area contributed by atoms with Crippen molar-refractivity contribution in [1.82, 2.24) is 4.57 Å². The third-order valence-corrected chi connectivity index (χ3v) is 3.67. The van der Waals surface area contributed by atoms with Crippen molar-refractivity contribution in [2.45, 2.75) is 26.4 Å². The lowest BCUT2D eigenvalue weighted by molar-refractivity contribution is 0.0547. The number of hydrogen-bond donors (Lipinski definition) is 0. The van der Waals surface area contributed by atoms with Crippen molar-refractivity contribution in [1.29, 1.82) is 0 Å². The molecule has 0 aliphatic heterocycles. The number of carbonyl (C=O) groups excluding carboxylic acids is 1. The van der Waals surface area contributed by atoms with E-state index in [2.05, 4.69) is 0 Å². The number of benzene rings is 2. The van der Waals surface area contributed by atoms with Gasteiger partial charge in [-0.3, -0.25) is 0 Å². The second-order valence-corrected chi connectivity index (χ2v) is 6.60. The Kier molecular flexibility index (Phi) is 4.06. The monoisotopic (exact) mass is 323 g/mol. The number of aromatic nitrogens is 1. The van der Waals surface area contributed by atoms with Crippen LogP contribution in [0, 0.1) is 0 Å². The molecular formula is C20H21NO3. The van der Waals surface area contributed by atoms with E-state index < -0.39 is 11.7 Å². The van der Waals surface area contributed by atoms with Crippen molar-refractivity contribution in [3.8, 4) is 17.0 Å². The van der Waals surface area contributed by atoms with E-state index in [1.54, 1.807) is 11.7 Å². The van der Waals surface area contributed by atoms with E-state index in [4.69, 9.17) is 9.47 Å². The van der Waals surface area contributed by atoms with Crippen LogP contribution in [-0.2, 0) is 4.74 Å². The van der Waals surface area contributed by atoms with Gasteiger partial charge in [0.05, 0.1) is 18.3 Å². The molecule has 2 aromatic carbocycles. The van der Waals surface area contributed by atoms with Gasteiger partial charge in [0.15, 0.2) is 0 Å². The first kappa shape index (κ1) is 16.1. The summed E-state index contributed by atoms with van der Waals surface area (Å²) >= 11 is 0. The van der Waals surface area contributed by atoms with Crippen LogP contribution in [-0.4, -0.2) is 23.4 Å². The van der Waals surface area contributed by atoms with Gasteiger partial charge >= 0.3 is 6.09 Å². The molecule has 4 heteroatoms. The predicted molar refractivity (Wildman–Crippen MR) is 95.6 cm³/mol. The van der Waals surface area contributed by atoms with Gasteiger partial charge in [0, 0.05) is 10.9 Å². The second kappa shape index (κ2) is 6.04. The van der Waals surface area contributed by atoms with Crippen molar-refractivity contribution in [2.24, 2.45) is 0 Å². The quantitative estimate of drug-likeness (QED) is 0.659. The van der Waals surface area contributed by atoms with Gasteiger partial charge in [0.25, 0.3) is 0 Å². The number of carbonyl (C=O) groups is 1. The largest absolute Gasteiger partial charge is 0.496 e. The number of ether oxygens (including phenoxy) is 2. The van der Waals surface area contributed by atoms with Gasteiger partial charge in [-0.25, -0.2) is 9.36 Å². The van der Waals surface area contributed by atoms with Crippen molar-refractivity contribution >= 4 is 17.0 Å². The van der Waals surface area contributed by atoms with Gasteiger partial charge in [0.1, 0.15) is 11.4 Å². The Hall–Kier alpha value is -2.75. The zero-order chi connectivity index (χ0) is 17.3. The fraction of sp³-hybridized carbons (Fsp3) is 0.250. The molecule has 3 aromatic rings. The summed E-state index contributed by atoms with van der Waals surface area (Å²) in [4.78, 5) is 12.8. The van der Waals surface area contributed by atoms with Crippen LogP contribution >= 0.6 is 0 Å². The molecule has 0 saturated heterocycles. The molecule has 4 nitrogen and oxygen atoms in total. The normalized spacial score (nSPS) is 11.5. The number of para-hydroxylation sites is 2. The summed E-state index contributed by atoms with van der Waals surface area (Å²) in [5.41, 5.74) is 1.85. The van der Waals surface area contributed by atoms with Gasteiger partial charge in [0.2, 0.25) is 0 Å². The van der Waals surface area contributed by atoms with E-state index in [1.165, 1.54) is 0 Å². The molecule has 0 radical (unpaired) electrons. The molecule has 0 saturated carbocycles. The van der Waals surface area contributed by atoms with Crippen LogP contribution in [0.4, 0.5) is 4.79 Å². The first-order chi connectivity index (χ1) is 11.4. The highest BCUT2D eigenvalue weighted by molar-refractivity contribution is 5.97. The first-order valence-corrected chi connectivity index (χ1v) is 7.88. The van der Waals surface area contributed by atoms with Crippen LogP contribution in [0.15, 0.2) is 54.6 Å². The molecule has 0 amide bonds. The van der Waals surface area contributed by atoms with E-state index in [1.807, 2.05) is 75.4 Å². The molecule has 0 aliphatic carbocycles. The Balaban J connectivity index is 2.24. The molecule has 0 aliphatic rings. The third-order valence-electron chi connectivity index (χ3n) is 3.67. The van der Waals surface area contributed by atoms with Crippen LogP contribution in [0.2, 0.25) is 0 Å². The molecule has 0 fully saturated rings. The number of hydrogen-bond acceptors (Lipinski definition) is 3. The Morgan fingerprint density at radius 2 is 1.67 bits per heavy atom. The fourth-order valence-corrected chi connectivity index (χ4v) is 2.71. The Labute approximate surface area is 141 Å². The van der Waals surface area contributed by atoms with Crippen molar-refractivity contribution < 1.29 is 14.3 Å². The van der Waals surface area contributed by atoms with E-state index in [9.17, 15) is 4.79 Å². The van der Waals surface area contributed by atoms with E-state index >= 15 is 0 Å². The zero-order valence-electron chi connectivity index (χ0n) is 14.4. The molecule has 124 valence electrons. The molecular weight excluding hydrogens is 302 g/mol. The molecule has 24 heavy (non-hydrogen) atoms. The Bertz CT molecular complexity index is 887. The maximum absolute atomic E-state index is 12.8. The standard InChI is InChI=1S/C20H21NO3/c1-20(2,3)24-19(22)21-16-11-7-5-9-14(16)13-17(21)15-10-6-8-12-18(15)23-4/h5-13H,1-4H3. The number of rotatable bonds is 2. The molecule has 1 aromatic heterocycles. The smallest absolute Gasteiger partial charge is 0.419 e. The first-order valence-electron chi connectivity index (χ1n) is 7.88. The number of fused-ring (bicyclic) bond motifs is 1. The lowest BCUT2D eigenvalue weighted by Gasteiger charge is -2.21. The SMILES string of the molecule is COc1ccccc1-c1cc2ccccc2n1C(=O)OC(C)(C)C. The Morgan fingerprint density at radius 3 is 2.38 bits per heavy atom. The summed E-state index contributed by atoms with van der Waals surface area (Å²) in [6.45, 7) is 5.58. The van der Waals surface area contributed by atoms with Crippen LogP contribution in [0.25, 0.3) is 22.2 Å². The molecule has 0 atom stereocenters. The number of nitrogens with zero attached hydrogens (tertiary/aromatic N) is 1. The summed E-state index contributed by atoms with van der Waals surface area (Å²) in [5, 5.41) is 0.976. The predicted octanol–water partition coefficient (Wildman–Crippen LogP) is 5.10. The maximum Gasteiger partial charge on any atom is 0.419 e. The average Bonchev–Trinajstić information content (AvgIpc) is 2.92. The highest BCUT2D eigenvalue weighted by Gasteiger charge is 2.23. The highest BCUT2D eigenvalue weighted by atomic mass is 16.6. The fourth-order valence-electron chi connectivity index (χ4n) is 2.71. The third kappa shape index (κ3) is 3.00. The molecule has 0 N–H and O–H groups in total. The number of methoxy groups -OCH3 is 1. The van der Waals surface area contributed by atoms with Crippen LogP contribution < -0.4 is 4.74 Å². The summed E-state index contributed by atoms with van der Waals surface area (Å²) < 4.78 is 12.7.